The van der Waals surface area contributed by atoms with Gasteiger partial charge in [0.05, 0.1) is 16.2 Å². The molecule has 0 fully saturated rings. The first-order valence-electron chi connectivity index (χ1n) is 8.50. The number of nitrogens with zero attached hydrogens (tertiary/aromatic N) is 3. The summed E-state index contributed by atoms with van der Waals surface area (Å²) in [5, 5.41) is 14.2. The molecule has 0 spiro atoms. The van der Waals surface area contributed by atoms with Gasteiger partial charge in [-0.1, -0.05) is 6.08 Å². The third kappa shape index (κ3) is 4.18. The Kier molecular flexibility index (Phi) is 5.48. The van der Waals surface area contributed by atoms with Gasteiger partial charge in [0, 0.05) is 18.4 Å². The van der Waals surface area contributed by atoms with Gasteiger partial charge in [0.1, 0.15) is 0 Å². The fourth-order valence-corrected chi connectivity index (χ4v) is 3.23. The van der Waals surface area contributed by atoms with E-state index in [2.05, 4.69) is 5.10 Å². The molecule has 0 radical (unpaired) electrons. The second-order valence-corrected chi connectivity index (χ2v) is 7.42. The van der Waals surface area contributed by atoms with E-state index in [1.165, 1.54) is 18.2 Å². The molecule has 0 aliphatic carbocycles. The fraction of sp³-hybridized carbons (Fsp3) is 0.105. The first-order chi connectivity index (χ1) is 13.7. The number of carboxylic acid groups (broad SMARTS) is 1. The normalized spacial score (nSPS) is 19.4. The first-order valence-corrected chi connectivity index (χ1v) is 9.94. The molecule has 9 nitrogen and oxygen atoms in total. The highest BCUT2D eigenvalue weighted by atomic mass is 32.2. The van der Waals surface area contributed by atoms with Crippen molar-refractivity contribution >= 4 is 33.4 Å². The number of likely N-dealkylation sites (N-methyl/N-ethyl adjacent to an activating group) is 1. The van der Waals surface area contributed by atoms with Gasteiger partial charge in [-0.3, -0.25) is 9.35 Å². The highest BCUT2D eigenvalue weighted by Crippen LogP contribution is 2.25. The van der Waals surface area contributed by atoms with Gasteiger partial charge in [0.15, 0.2) is 5.71 Å². The van der Waals surface area contributed by atoms with Gasteiger partial charge >= 0.3 is 5.97 Å². The predicted octanol–water partition coefficient (Wildman–Crippen LogP) is 1.94. The van der Waals surface area contributed by atoms with E-state index in [0.29, 0.717) is 6.54 Å². The minimum atomic E-state index is -4.39. The zero-order valence-electron chi connectivity index (χ0n) is 15.3. The molecule has 0 saturated carbocycles. The van der Waals surface area contributed by atoms with Crippen LogP contribution in [0, 0.1) is 0 Å². The molecule has 29 heavy (non-hydrogen) atoms. The number of hydrogen-bond donors (Lipinski definition) is 2. The molecule has 0 unspecified atom stereocenters. The van der Waals surface area contributed by atoms with E-state index in [1.807, 2.05) is 36.3 Å². The number of anilines is 1. The largest absolute Gasteiger partial charge is 0.476 e. The summed E-state index contributed by atoms with van der Waals surface area (Å²) in [6.07, 6.45) is 10.4. The van der Waals surface area contributed by atoms with E-state index >= 15 is 0 Å². The Morgan fingerprint density at radius 3 is 2.45 bits per heavy atom. The van der Waals surface area contributed by atoms with Crippen LogP contribution in [-0.4, -0.2) is 47.1 Å². The Hall–Kier alpha value is -3.50. The number of hydrazone groups is 1. The standard InChI is InChI=1S/C19H17N3O6S/c1-2-21-12-4-3-5-13(21)8-11-16-17(19(24)25)20-22(18(16)23)14-6-9-15(10-7-14)29(26,27)28/h3-12H,2H2,1H3,(H,24,25)(H,26,27,28)/b13-8-,16-11+. The van der Waals surface area contributed by atoms with Gasteiger partial charge in [-0.25, -0.2) is 4.79 Å². The molecule has 2 aliphatic rings. The van der Waals surface area contributed by atoms with Gasteiger partial charge in [-0.2, -0.15) is 18.5 Å². The summed E-state index contributed by atoms with van der Waals surface area (Å²) in [4.78, 5) is 25.9. The van der Waals surface area contributed by atoms with Crippen LogP contribution < -0.4 is 5.01 Å². The van der Waals surface area contributed by atoms with Crippen molar-refractivity contribution in [3.8, 4) is 0 Å². The maximum Gasteiger partial charge on any atom is 0.357 e. The summed E-state index contributed by atoms with van der Waals surface area (Å²) in [5.41, 5.74) is 0.399. The van der Waals surface area contributed by atoms with Crippen LogP contribution in [0.25, 0.3) is 0 Å². The number of amides is 1. The second kappa shape index (κ2) is 7.86. The van der Waals surface area contributed by atoms with Gasteiger partial charge in [0.25, 0.3) is 16.0 Å². The third-order valence-electron chi connectivity index (χ3n) is 4.20. The Morgan fingerprint density at radius 1 is 1.17 bits per heavy atom. The van der Waals surface area contributed by atoms with Crippen molar-refractivity contribution in [2.24, 2.45) is 5.10 Å². The molecule has 0 saturated heterocycles. The summed E-state index contributed by atoms with van der Waals surface area (Å²) in [7, 11) is -4.39. The molecule has 2 aliphatic heterocycles. The number of allylic oxidation sites excluding steroid dienone is 5. The number of carbonyl (C=O) groups excluding carboxylic acids is 1. The topological polar surface area (TPSA) is 128 Å². The van der Waals surface area contributed by atoms with Crippen molar-refractivity contribution in [1.82, 2.24) is 4.90 Å². The van der Waals surface area contributed by atoms with Crippen molar-refractivity contribution < 1.29 is 27.7 Å². The van der Waals surface area contributed by atoms with Crippen LogP contribution in [0.15, 0.2) is 82.1 Å². The number of carbonyl (C=O) groups is 2. The fourth-order valence-electron chi connectivity index (χ4n) is 2.75. The highest BCUT2D eigenvalue weighted by Gasteiger charge is 2.35. The molecule has 2 N–H and O–H groups in total. The lowest BCUT2D eigenvalue weighted by Crippen LogP contribution is -2.22. The summed E-state index contributed by atoms with van der Waals surface area (Å²) >= 11 is 0. The lowest BCUT2D eigenvalue weighted by Gasteiger charge is -2.21. The maximum absolute atomic E-state index is 12.8. The molecule has 2 heterocycles. The van der Waals surface area contributed by atoms with Crippen molar-refractivity contribution in [3.05, 3.63) is 72.1 Å². The van der Waals surface area contributed by atoms with Crippen LogP contribution in [0.5, 0.6) is 0 Å². The van der Waals surface area contributed by atoms with E-state index in [-0.39, 0.29) is 16.2 Å². The minimum absolute atomic E-state index is 0.108. The molecular weight excluding hydrogens is 398 g/mol. The SMILES string of the molecule is CCN1C=CC=C/C1=C/C=C1/C(=O)N(c2ccc(S(=O)(=O)O)cc2)N=C1C(=O)O. The highest BCUT2D eigenvalue weighted by molar-refractivity contribution is 7.85. The van der Waals surface area contributed by atoms with Gasteiger partial charge in [-0.05, 0) is 55.5 Å². The Bertz CT molecular complexity index is 1110. The molecule has 0 aromatic heterocycles. The number of hydrogen-bond acceptors (Lipinski definition) is 6. The first kappa shape index (κ1) is 20.2. The molecule has 10 heteroatoms. The average molecular weight is 415 g/mol. The Morgan fingerprint density at radius 2 is 1.86 bits per heavy atom. The van der Waals surface area contributed by atoms with E-state index in [0.717, 1.165) is 22.8 Å². The van der Waals surface area contributed by atoms with Crippen LogP contribution >= 0.6 is 0 Å². The molecule has 1 aromatic carbocycles. The summed E-state index contributed by atoms with van der Waals surface area (Å²) < 4.78 is 31.3. The average Bonchev–Trinajstić information content (AvgIpc) is 3.02. The molecule has 150 valence electrons. The van der Waals surface area contributed by atoms with Crippen LogP contribution in [0.1, 0.15) is 6.92 Å². The Balaban J connectivity index is 1.96. The number of benzene rings is 1. The zero-order valence-corrected chi connectivity index (χ0v) is 16.1. The molecular formula is C19H17N3O6S. The molecule has 1 aromatic rings. The van der Waals surface area contributed by atoms with E-state index < -0.39 is 27.7 Å². The monoisotopic (exact) mass is 415 g/mol. The van der Waals surface area contributed by atoms with Crippen LogP contribution in [0.4, 0.5) is 5.69 Å². The van der Waals surface area contributed by atoms with Crippen molar-refractivity contribution in [3.63, 3.8) is 0 Å². The van der Waals surface area contributed by atoms with Gasteiger partial charge in [0.2, 0.25) is 0 Å². The summed E-state index contributed by atoms with van der Waals surface area (Å²) in [6.45, 7) is 2.64. The smallest absolute Gasteiger partial charge is 0.357 e. The van der Waals surface area contributed by atoms with Crippen LogP contribution in [0.3, 0.4) is 0 Å². The van der Waals surface area contributed by atoms with Crippen molar-refractivity contribution in [2.45, 2.75) is 11.8 Å². The van der Waals surface area contributed by atoms with Gasteiger partial charge in [-0.15, -0.1) is 0 Å². The lowest BCUT2D eigenvalue weighted by molar-refractivity contribution is -0.129. The lowest BCUT2D eigenvalue weighted by atomic mass is 10.1. The van der Waals surface area contributed by atoms with Crippen LogP contribution in [0.2, 0.25) is 0 Å². The quantitative estimate of drug-likeness (QED) is 0.556. The van der Waals surface area contributed by atoms with E-state index in [1.54, 1.807) is 6.08 Å². The molecule has 0 atom stereocenters. The summed E-state index contributed by atoms with van der Waals surface area (Å²) in [5.74, 6) is -2.04. The maximum atomic E-state index is 12.8. The number of aliphatic carboxylic acids is 1. The van der Waals surface area contributed by atoms with Crippen LogP contribution in [-0.2, 0) is 19.7 Å². The number of rotatable bonds is 5. The summed E-state index contributed by atoms with van der Waals surface area (Å²) in [6, 6.07) is 4.68. The zero-order chi connectivity index (χ0) is 21.2. The molecule has 1 amide bonds. The number of carboxylic acids is 1. The van der Waals surface area contributed by atoms with Crippen molar-refractivity contribution in [2.75, 3.05) is 11.6 Å². The van der Waals surface area contributed by atoms with E-state index in [4.69, 9.17) is 4.55 Å². The second-order valence-electron chi connectivity index (χ2n) is 6.00. The Labute approximate surface area is 167 Å². The minimum Gasteiger partial charge on any atom is -0.476 e. The predicted molar refractivity (Wildman–Crippen MR) is 106 cm³/mol. The van der Waals surface area contributed by atoms with Crippen molar-refractivity contribution in [1.29, 1.82) is 0 Å². The molecule has 3 rings (SSSR count). The molecule has 0 bridgehead atoms. The van der Waals surface area contributed by atoms with Gasteiger partial charge < -0.3 is 10.0 Å². The third-order valence-corrected chi connectivity index (χ3v) is 5.06. The van der Waals surface area contributed by atoms with E-state index in [9.17, 15) is 23.1 Å².